The SMILES string of the molecule is CCc1nc(CNC(=O)[C@@H]2COCCN2CC2CCC2)cs1. The van der Waals surface area contributed by atoms with Gasteiger partial charge in [0.2, 0.25) is 5.91 Å². The monoisotopic (exact) mass is 323 g/mol. The molecule has 1 saturated carbocycles. The molecule has 122 valence electrons. The highest BCUT2D eigenvalue weighted by Gasteiger charge is 2.32. The summed E-state index contributed by atoms with van der Waals surface area (Å²) >= 11 is 1.66. The minimum atomic E-state index is -0.140. The predicted molar refractivity (Wildman–Crippen MR) is 86.9 cm³/mol. The number of aryl methyl sites for hydroxylation is 1. The molecule has 1 aromatic rings. The fraction of sp³-hybridized carbons (Fsp3) is 0.750. The van der Waals surface area contributed by atoms with Gasteiger partial charge >= 0.3 is 0 Å². The average Bonchev–Trinajstić information content (AvgIpc) is 2.97. The third-order valence-corrected chi connectivity index (χ3v) is 5.65. The number of aromatic nitrogens is 1. The van der Waals surface area contributed by atoms with E-state index in [0.29, 0.717) is 13.2 Å². The molecular weight excluding hydrogens is 298 g/mol. The van der Waals surface area contributed by atoms with Crippen LogP contribution in [0.15, 0.2) is 5.38 Å². The Labute approximate surface area is 136 Å². The van der Waals surface area contributed by atoms with Crippen LogP contribution in [0.3, 0.4) is 0 Å². The number of nitrogens with zero attached hydrogens (tertiary/aromatic N) is 2. The van der Waals surface area contributed by atoms with E-state index in [1.807, 2.05) is 5.38 Å². The Hall–Kier alpha value is -0.980. The van der Waals surface area contributed by atoms with Gasteiger partial charge in [-0.3, -0.25) is 9.69 Å². The lowest BCUT2D eigenvalue weighted by Crippen LogP contribution is -2.55. The van der Waals surface area contributed by atoms with Gasteiger partial charge in [0.15, 0.2) is 0 Å². The van der Waals surface area contributed by atoms with Crippen molar-refractivity contribution in [2.75, 3.05) is 26.3 Å². The zero-order valence-electron chi connectivity index (χ0n) is 13.2. The molecule has 2 heterocycles. The maximum Gasteiger partial charge on any atom is 0.240 e. The Balaban J connectivity index is 1.52. The first kappa shape index (κ1) is 15.9. The molecule has 2 aliphatic rings. The van der Waals surface area contributed by atoms with Crippen LogP contribution in [0.25, 0.3) is 0 Å². The quantitative estimate of drug-likeness (QED) is 0.868. The molecule has 1 aromatic heterocycles. The van der Waals surface area contributed by atoms with E-state index in [2.05, 4.69) is 22.1 Å². The van der Waals surface area contributed by atoms with Gasteiger partial charge < -0.3 is 10.1 Å². The van der Waals surface area contributed by atoms with Crippen molar-refractivity contribution in [2.45, 2.75) is 45.2 Å². The minimum Gasteiger partial charge on any atom is -0.378 e. The van der Waals surface area contributed by atoms with Gasteiger partial charge in [-0.2, -0.15) is 0 Å². The molecule has 0 unspecified atom stereocenters. The average molecular weight is 323 g/mol. The topological polar surface area (TPSA) is 54.5 Å². The van der Waals surface area contributed by atoms with Crippen molar-refractivity contribution in [3.05, 3.63) is 16.1 Å². The molecule has 5 nitrogen and oxygen atoms in total. The lowest BCUT2D eigenvalue weighted by molar-refractivity contribution is -0.133. The van der Waals surface area contributed by atoms with Crippen molar-refractivity contribution in [1.29, 1.82) is 0 Å². The van der Waals surface area contributed by atoms with E-state index in [1.165, 1.54) is 19.3 Å². The summed E-state index contributed by atoms with van der Waals surface area (Å²) in [5.41, 5.74) is 0.956. The van der Waals surface area contributed by atoms with E-state index >= 15 is 0 Å². The normalized spacial score (nSPS) is 23.2. The van der Waals surface area contributed by atoms with Crippen molar-refractivity contribution in [3.8, 4) is 0 Å². The molecule has 6 heteroatoms. The molecule has 1 atom stereocenters. The van der Waals surface area contributed by atoms with Gasteiger partial charge in [0.05, 0.1) is 30.5 Å². The van der Waals surface area contributed by atoms with E-state index in [9.17, 15) is 4.79 Å². The molecule has 1 N–H and O–H groups in total. The number of carbonyl (C=O) groups excluding carboxylic acids is 1. The van der Waals surface area contributed by atoms with Gasteiger partial charge in [0, 0.05) is 18.5 Å². The van der Waals surface area contributed by atoms with Gasteiger partial charge in [-0.1, -0.05) is 13.3 Å². The predicted octanol–water partition coefficient (Wildman–Crippen LogP) is 1.82. The highest BCUT2D eigenvalue weighted by Crippen LogP contribution is 2.28. The highest BCUT2D eigenvalue weighted by molar-refractivity contribution is 7.09. The van der Waals surface area contributed by atoms with Crippen LogP contribution in [0.1, 0.15) is 36.9 Å². The second-order valence-electron chi connectivity index (χ2n) is 6.19. The summed E-state index contributed by atoms with van der Waals surface area (Å²) in [6.07, 6.45) is 4.91. The summed E-state index contributed by atoms with van der Waals surface area (Å²) < 4.78 is 5.52. The second kappa shape index (κ2) is 7.53. The summed E-state index contributed by atoms with van der Waals surface area (Å²) in [6, 6.07) is -0.140. The van der Waals surface area contributed by atoms with E-state index in [4.69, 9.17) is 4.74 Å². The number of nitrogens with one attached hydrogen (secondary N) is 1. The smallest absolute Gasteiger partial charge is 0.240 e. The number of morpholine rings is 1. The van der Waals surface area contributed by atoms with Crippen molar-refractivity contribution in [3.63, 3.8) is 0 Å². The molecule has 0 radical (unpaired) electrons. The molecule has 0 spiro atoms. The molecule has 0 aromatic carbocycles. The maximum atomic E-state index is 12.5. The number of ether oxygens (including phenoxy) is 1. The number of hydrogen-bond acceptors (Lipinski definition) is 5. The van der Waals surface area contributed by atoms with Crippen LogP contribution in [0.5, 0.6) is 0 Å². The largest absolute Gasteiger partial charge is 0.378 e. The van der Waals surface area contributed by atoms with Crippen molar-refractivity contribution in [2.24, 2.45) is 5.92 Å². The van der Waals surface area contributed by atoms with Crippen LogP contribution >= 0.6 is 11.3 Å². The van der Waals surface area contributed by atoms with Crippen LogP contribution in [-0.4, -0.2) is 48.1 Å². The summed E-state index contributed by atoms with van der Waals surface area (Å²) in [7, 11) is 0. The molecule has 3 rings (SSSR count). The summed E-state index contributed by atoms with van der Waals surface area (Å²) in [5, 5.41) is 6.18. The van der Waals surface area contributed by atoms with E-state index in [-0.39, 0.29) is 11.9 Å². The Bertz CT molecular complexity index is 501. The molecular formula is C16H25N3O2S. The summed E-state index contributed by atoms with van der Waals surface area (Å²) in [5.74, 6) is 0.851. The zero-order chi connectivity index (χ0) is 15.4. The number of rotatable bonds is 6. The van der Waals surface area contributed by atoms with E-state index in [0.717, 1.165) is 42.7 Å². The Morgan fingerprint density at radius 1 is 1.55 bits per heavy atom. The number of hydrogen-bond donors (Lipinski definition) is 1. The van der Waals surface area contributed by atoms with E-state index < -0.39 is 0 Å². The van der Waals surface area contributed by atoms with Crippen LogP contribution in [0, 0.1) is 5.92 Å². The summed E-state index contributed by atoms with van der Waals surface area (Å²) in [6.45, 7) is 5.77. The van der Waals surface area contributed by atoms with Crippen molar-refractivity contribution < 1.29 is 9.53 Å². The van der Waals surface area contributed by atoms with Crippen LogP contribution in [-0.2, 0) is 22.5 Å². The molecule has 1 aliphatic carbocycles. The third kappa shape index (κ3) is 3.86. The molecule has 1 saturated heterocycles. The van der Waals surface area contributed by atoms with Gasteiger partial charge in [-0.05, 0) is 25.2 Å². The Kier molecular flexibility index (Phi) is 5.44. The Morgan fingerprint density at radius 3 is 3.09 bits per heavy atom. The molecule has 2 fully saturated rings. The van der Waals surface area contributed by atoms with Crippen LogP contribution in [0.4, 0.5) is 0 Å². The lowest BCUT2D eigenvalue weighted by Gasteiger charge is -2.39. The number of thiazole rings is 1. The Morgan fingerprint density at radius 2 is 2.41 bits per heavy atom. The van der Waals surface area contributed by atoms with Crippen molar-refractivity contribution >= 4 is 17.2 Å². The van der Waals surface area contributed by atoms with Gasteiger partial charge in [0.1, 0.15) is 6.04 Å². The van der Waals surface area contributed by atoms with E-state index in [1.54, 1.807) is 11.3 Å². The highest BCUT2D eigenvalue weighted by atomic mass is 32.1. The molecule has 22 heavy (non-hydrogen) atoms. The van der Waals surface area contributed by atoms with Gasteiger partial charge in [-0.15, -0.1) is 11.3 Å². The first-order chi connectivity index (χ1) is 10.8. The third-order valence-electron chi connectivity index (χ3n) is 4.60. The van der Waals surface area contributed by atoms with Gasteiger partial charge in [-0.25, -0.2) is 4.98 Å². The molecule has 1 aliphatic heterocycles. The van der Waals surface area contributed by atoms with Crippen LogP contribution in [0.2, 0.25) is 0 Å². The number of carbonyl (C=O) groups is 1. The van der Waals surface area contributed by atoms with Crippen molar-refractivity contribution in [1.82, 2.24) is 15.2 Å². The summed E-state index contributed by atoms with van der Waals surface area (Å²) in [4.78, 5) is 19.3. The maximum absolute atomic E-state index is 12.5. The number of amides is 1. The first-order valence-corrected chi connectivity index (χ1v) is 9.17. The first-order valence-electron chi connectivity index (χ1n) is 8.29. The zero-order valence-corrected chi connectivity index (χ0v) is 14.0. The fourth-order valence-corrected chi connectivity index (χ4v) is 3.74. The second-order valence-corrected chi connectivity index (χ2v) is 7.13. The van der Waals surface area contributed by atoms with Crippen LogP contribution < -0.4 is 5.32 Å². The fourth-order valence-electron chi connectivity index (χ4n) is 2.99. The van der Waals surface area contributed by atoms with Gasteiger partial charge in [0.25, 0.3) is 0 Å². The lowest BCUT2D eigenvalue weighted by atomic mass is 9.84. The standard InChI is InChI=1S/C16H25N3O2S/c1-2-15-18-13(11-22-15)8-17-16(20)14-10-21-7-6-19(14)9-12-4-3-5-12/h11-12,14H,2-10H2,1H3,(H,17,20)/t14-/m0/s1. The minimum absolute atomic E-state index is 0.0741. The molecule has 0 bridgehead atoms. The molecule has 1 amide bonds.